The number of halogens is 2. The van der Waals surface area contributed by atoms with E-state index in [1.807, 2.05) is 43.3 Å². The molecule has 5 heteroatoms. The standard InChI is InChI=1S/C18H15BrClNO2/c1-2-22-11-13-9-12-10-14(19)3-8-17(12)23-18(13)21-16-6-4-15(20)5-7-16/h3-10H,2,11H2,1H3/b21-18-. The Morgan fingerprint density at radius 1 is 1.13 bits per heavy atom. The SMILES string of the molecule is CCOCc1cc2cc(Br)ccc2o/c1=N\c1ccc(Cl)cc1. The molecule has 1 aromatic heterocycles. The first-order chi connectivity index (χ1) is 11.2. The van der Waals surface area contributed by atoms with Crippen LogP contribution in [-0.2, 0) is 11.3 Å². The zero-order chi connectivity index (χ0) is 16.2. The summed E-state index contributed by atoms with van der Waals surface area (Å²) in [6, 6.07) is 15.3. The summed E-state index contributed by atoms with van der Waals surface area (Å²) < 4.78 is 12.5. The van der Waals surface area contributed by atoms with E-state index in [1.54, 1.807) is 12.1 Å². The van der Waals surface area contributed by atoms with Gasteiger partial charge >= 0.3 is 0 Å². The van der Waals surface area contributed by atoms with Crippen molar-refractivity contribution in [3.63, 3.8) is 0 Å². The molecule has 0 aliphatic heterocycles. The van der Waals surface area contributed by atoms with Crippen molar-refractivity contribution in [2.45, 2.75) is 13.5 Å². The van der Waals surface area contributed by atoms with E-state index >= 15 is 0 Å². The van der Waals surface area contributed by atoms with Crippen molar-refractivity contribution in [2.75, 3.05) is 6.61 Å². The zero-order valence-corrected chi connectivity index (χ0v) is 14.9. The number of ether oxygens (including phenoxy) is 1. The number of fused-ring (bicyclic) bond motifs is 1. The predicted molar refractivity (Wildman–Crippen MR) is 95.9 cm³/mol. The van der Waals surface area contributed by atoms with Gasteiger partial charge < -0.3 is 9.15 Å². The highest BCUT2D eigenvalue weighted by Crippen LogP contribution is 2.21. The maximum absolute atomic E-state index is 5.98. The van der Waals surface area contributed by atoms with Crippen molar-refractivity contribution in [1.29, 1.82) is 0 Å². The van der Waals surface area contributed by atoms with Gasteiger partial charge in [0.1, 0.15) is 5.58 Å². The van der Waals surface area contributed by atoms with Crippen molar-refractivity contribution >= 4 is 44.2 Å². The number of nitrogens with zero attached hydrogens (tertiary/aromatic N) is 1. The normalized spacial score (nSPS) is 12.0. The van der Waals surface area contributed by atoms with E-state index in [4.69, 9.17) is 20.8 Å². The second kappa shape index (κ2) is 7.30. The van der Waals surface area contributed by atoms with Crippen molar-refractivity contribution < 1.29 is 9.15 Å². The Balaban J connectivity index is 2.15. The third-order valence-corrected chi connectivity index (χ3v) is 4.05. The summed E-state index contributed by atoms with van der Waals surface area (Å²) in [6.45, 7) is 3.05. The topological polar surface area (TPSA) is 34.7 Å². The molecule has 0 radical (unpaired) electrons. The lowest BCUT2D eigenvalue weighted by Gasteiger charge is -2.05. The van der Waals surface area contributed by atoms with Gasteiger partial charge in [0.05, 0.1) is 12.3 Å². The largest absolute Gasteiger partial charge is 0.438 e. The number of rotatable bonds is 4. The van der Waals surface area contributed by atoms with E-state index < -0.39 is 0 Å². The first kappa shape index (κ1) is 16.2. The van der Waals surface area contributed by atoms with Crippen LogP contribution in [0.5, 0.6) is 0 Å². The molecule has 23 heavy (non-hydrogen) atoms. The van der Waals surface area contributed by atoms with Crippen molar-refractivity contribution in [3.8, 4) is 0 Å². The minimum absolute atomic E-state index is 0.453. The van der Waals surface area contributed by atoms with Gasteiger partial charge in [0.25, 0.3) is 0 Å². The lowest BCUT2D eigenvalue weighted by molar-refractivity contribution is 0.131. The van der Waals surface area contributed by atoms with Crippen LogP contribution in [0.4, 0.5) is 5.69 Å². The summed E-state index contributed by atoms with van der Waals surface area (Å²) in [7, 11) is 0. The summed E-state index contributed by atoms with van der Waals surface area (Å²) in [5.74, 6) is 0. The van der Waals surface area contributed by atoms with E-state index in [0.29, 0.717) is 23.8 Å². The molecule has 0 aliphatic carbocycles. The molecule has 0 spiro atoms. The molecule has 0 atom stereocenters. The predicted octanol–water partition coefficient (Wildman–Crippen LogP) is 5.62. The van der Waals surface area contributed by atoms with Gasteiger partial charge in [0.2, 0.25) is 5.55 Å². The summed E-state index contributed by atoms with van der Waals surface area (Å²) in [4.78, 5) is 4.59. The van der Waals surface area contributed by atoms with Gasteiger partial charge in [-0.05, 0) is 55.5 Å². The molecule has 0 bridgehead atoms. The zero-order valence-electron chi connectivity index (χ0n) is 12.6. The van der Waals surface area contributed by atoms with Crippen LogP contribution in [0, 0.1) is 0 Å². The third-order valence-electron chi connectivity index (χ3n) is 3.30. The maximum atomic E-state index is 5.98. The highest BCUT2D eigenvalue weighted by atomic mass is 79.9. The lowest BCUT2D eigenvalue weighted by atomic mass is 10.2. The van der Waals surface area contributed by atoms with E-state index in [-0.39, 0.29) is 0 Å². The van der Waals surface area contributed by atoms with E-state index in [1.165, 1.54) is 0 Å². The van der Waals surface area contributed by atoms with Crippen molar-refractivity contribution in [2.24, 2.45) is 4.99 Å². The van der Waals surface area contributed by atoms with E-state index in [2.05, 4.69) is 20.9 Å². The Kier molecular flexibility index (Phi) is 5.16. The van der Waals surface area contributed by atoms with Gasteiger partial charge in [0.15, 0.2) is 0 Å². The minimum Gasteiger partial charge on any atom is -0.438 e. The van der Waals surface area contributed by atoms with Gasteiger partial charge in [-0.3, -0.25) is 0 Å². The van der Waals surface area contributed by atoms with Crippen LogP contribution in [-0.4, -0.2) is 6.61 Å². The number of hydrogen-bond donors (Lipinski definition) is 0. The smallest absolute Gasteiger partial charge is 0.225 e. The van der Waals surface area contributed by atoms with Crippen LogP contribution in [0.25, 0.3) is 11.0 Å². The van der Waals surface area contributed by atoms with Crippen LogP contribution in [0.2, 0.25) is 5.02 Å². The Morgan fingerprint density at radius 3 is 2.65 bits per heavy atom. The maximum Gasteiger partial charge on any atom is 0.225 e. The summed E-state index contributed by atoms with van der Waals surface area (Å²) in [6.07, 6.45) is 0. The Bertz CT molecular complexity index is 888. The molecule has 0 saturated carbocycles. The quantitative estimate of drug-likeness (QED) is 0.578. The van der Waals surface area contributed by atoms with Crippen LogP contribution in [0.1, 0.15) is 12.5 Å². The Hall–Kier alpha value is -1.62. The Morgan fingerprint density at radius 2 is 1.91 bits per heavy atom. The van der Waals surface area contributed by atoms with Gasteiger partial charge in [-0.25, -0.2) is 4.99 Å². The van der Waals surface area contributed by atoms with E-state index in [0.717, 1.165) is 26.7 Å². The fraction of sp³-hybridized carbons (Fsp3) is 0.167. The van der Waals surface area contributed by atoms with Crippen molar-refractivity contribution in [3.05, 3.63) is 69.1 Å². The van der Waals surface area contributed by atoms with Crippen LogP contribution >= 0.6 is 27.5 Å². The van der Waals surface area contributed by atoms with Gasteiger partial charge in [0, 0.05) is 27.1 Å². The molecule has 0 amide bonds. The molecule has 118 valence electrons. The molecule has 0 fully saturated rings. The molecule has 0 N–H and O–H groups in total. The Labute approximate surface area is 147 Å². The number of benzene rings is 2. The first-order valence-corrected chi connectivity index (χ1v) is 8.43. The summed E-state index contributed by atoms with van der Waals surface area (Å²) in [5, 5.41) is 1.68. The fourth-order valence-electron chi connectivity index (χ4n) is 2.19. The van der Waals surface area contributed by atoms with Crippen LogP contribution in [0.15, 0.2) is 62.4 Å². The molecule has 1 heterocycles. The molecule has 0 saturated heterocycles. The molecule has 3 nitrogen and oxygen atoms in total. The highest BCUT2D eigenvalue weighted by molar-refractivity contribution is 9.10. The fourth-order valence-corrected chi connectivity index (χ4v) is 2.69. The molecule has 0 unspecified atom stereocenters. The summed E-state index contributed by atoms with van der Waals surface area (Å²) in [5.41, 5.74) is 3.02. The average molecular weight is 393 g/mol. The number of hydrogen-bond acceptors (Lipinski definition) is 3. The first-order valence-electron chi connectivity index (χ1n) is 7.26. The monoisotopic (exact) mass is 391 g/mol. The lowest BCUT2D eigenvalue weighted by Crippen LogP contribution is -2.10. The van der Waals surface area contributed by atoms with Gasteiger partial charge in [-0.15, -0.1) is 0 Å². The molecular weight excluding hydrogens is 378 g/mol. The van der Waals surface area contributed by atoms with Crippen LogP contribution in [0.3, 0.4) is 0 Å². The molecule has 3 aromatic rings. The second-order valence-corrected chi connectivity index (χ2v) is 6.34. The molecular formula is C18H15BrClNO2. The van der Waals surface area contributed by atoms with Gasteiger partial charge in [-0.2, -0.15) is 0 Å². The molecule has 2 aromatic carbocycles. The minimum atomic E-state index is 0.453. The average Bonchev–Trinajstić information content (AvgIpc) is 2.55. The van der Waals surface area contributed by atoms with Crippen molar-refractivity contribution in [1.82, 2.24) is 0 Å². The second-order valence-electron chi connectivity index (χ2n) is 4.98. The van der Waals surface area contributed by atoms with Gasteiger partial charge in [-0.1, -0.05) is 27.5 Å². The third kappa shape index (κ3) is 4.02. The molecule has 0 aliphatic rings. The highest BCUT2D eigenvalue weighted by Gasteiger charge is 2.05. The molecule has 3 rings (SSSR count). The summed E-state index contributed by atoms with van der Waals surface area (Å²) >= 11 is 9.40. The van der Waals surface area contributed by atoms with Crippen LogP contribution < -0.4 is 5.55 Å². The van der Waals surface area contributed by atoms with E-state index in [9.17, 15) is 0 Å².